The molecule has 9 heteroatoms. The van der Waals surface area contributed by atoms with E-state index >= 15 is 0 Å². The molecule has 5 rings (SSSR count). The smallest absolute Gasteiger partial charge is 0.409 e. The highest BCUT2D eigenvalue weighted by molar-refractivity contribution is 5.87. The minimum Gasteiger partial charge on any atom is -0.493 e. The molecule has 0 unspecified atom stereocenters. The van der Waals surface area contributed by atoms with Crippen molar-refractivity contribution in [2.75, 3.05) is 26.3 Å². The van der Waals surface area contributed by atoms with Crippen molar-refractivity contribution in [2.45, 2.75) is 38.3 Å². The summed E-state index contributed by atoms with van der Waals surface area (Å²) in [7, 11) is 0. The molecular weight excluding hydrogens is 524 g/mol. The number of hydrogen-bond acceptors (Lipinski definition) is 6. The van der Waals surface area contributed by atoms with Crippen LogP contribution in [0.2, 0.25) is 0 Å². The number of carboxylic acid groups (broad SMARTS) is 1. The molecule has 1 aliphatic heterocycles. The molecule has 2 aliphatic rings. The van der Waals surface area contributed by atoms with Crippen molar-refractivity contribution in [3.63, 3.8) is 0 Å². The third kappa shape index (κ3) is 6.45. The minimum absolute atomic E-state index is 0.0578. The fourth-order valence-corrected chi connectivity index (χ4v) is 5.39. The zero-order valence-electron chi connectivity index (χ0n) is 23.3. The van der Waals surface area contributed by atoms with Gasteiger partial charge in [0.15, 0.2) is 0 Å². The molecule has 41 heavy (non-hydrogen) atoms. The number of aromatic carboxylic acids is 1. The molecule has 0 saturated carbocycles. The van der Waals surface area contributed by atoms with Gasteiger partial charge in [-0.3, -0.25) is 0 Å². The van der Waals surface area contributed by atoms with Crippen LogP contribution in [0.5, 0.6) is 5.75 Å². The Kier molecular flexibility index (Phi) is 7.88. The van der Waals surface area contributed by atoms with Crippen molar-refractivity contribution in [3.05, 3.63) is 89.5 Å². The number of carbonyl (C=O) groups is 3. The first-order valence-corrected chi connectivity index (χ1v) is 13.6. The van der Waals surface area contributed by atoms with Gasteiger partial charge < -0.3 is 29.5 Å². The SMILES string of the molecule is CC(C)(C)OC(=O)N[C@@H]1CN(C(=O)OCC2c3ccccc3-c3ccccc32)C[C@H]1COc1ccc(C(=O)O)cc1. The standard InChI is InChI=1S/C32H34N2O7/c1-32(2,3)41-30(37)33-28-17-34(16-21(28)18-39-22-14-12-20(13-15-22)29(35)36)31(38)40-19-27-25-10-6-4-8-23(25)24-9-5-7-11-26(24)27/h4-15,21,27-28H,16-19H2,1-3H3,(H,33,37)(H,35,36)/t21-,28+/m0/s1. The molecule has 2 amide bonds. The van der Waals surface area contributed by atoms with Gasteiger partial charge in [0.05, 0.1) is 18.2 Å². The van der Waals surface area contributed by atoms with Gasteiger partial charge in [0.1, 0.15) is 18.0 Å². The Morgan fingerprint density at radius 3 is 2.07 bits per heavy atom. The highest BCUT2D eigenvalue weighted by Crippen LogP contribution is 2.44. The van der Waals surface area contributed by atoms with Crippen LogP contribution in [0.4, 0.5) is 9.59 Å². The van der Waals surface area contributed by atoms with Gasteiger partial charge in [0.2, 0.25) is 0 Å². The van der Waals surface area contributed by atoms with E-state index in [1.54, 1.807) is 37.8 Å². The monoisotopic (exact) mass is 558 g/mol. The first-order valence-electron chi connectivity index (χ1n) is 13.6. The Morgan fingerprint density at radius 2 is 1.49 bits per heavy atom. The summed E-state index contributed by atoms with van der Waals surface area (Å²) in [5, 5.41) is 12.0. The number of nitrogens with zero attached hydrogens (tertiary/aromatic N) is 1. The lowest BCUT2D eigenvalue weighted by atomic mass is 9.98. The first kappa shape index (κ1) is 28.0. The van der Waals surface area contributed by atoms with Crippen LogP contribution in [0.15, 0.2) is 72.8 Å². The van der Waals surface area contributed by atoms with Gasteiger partial charge in [-0.15, -0.1) is 0 Å². The number of hydrogen-bond donors (Lipinski definition) is 2. The summed E-state index contributed by atoms with van der Waals surface area (Å²) in [6.45, 7) is 6.29. The third-order valence-corrected chi connectivity index (χ3v) is 7.30. The van der Waals surface area contributed by atoms with Crippen LogP contribution in [-0.2, 0) is 9.47 Å². The zero-order valence-corrected chi connectivity index (χ0v) is 23.3. The number of amides is 2. The number of ether oxygens (including phenoxy) is 3. The Bertz CT molecular complexity index is 1380. The Hall–Kier alpha value is -4.53. The number of benzene rings is 3. The molecule has 1 fully saturated rings. The molecule has 3 aromatic carbocycles. The number of nitrogens with one attached hydrogen (secondary N) is 1. The van der Waals surface area contributed by atoms with Crippen LogP contribution in [0.1, 0.15) is 48.2 Å². The van der Waals surface area contributed by atoms with Crippen LogP contribution >= 0.6 is 0 Å². The average Bonchev–Trinajstić information content (AvgIpc) is 3.48. The number of rotatable bonds is 7. The number of likely N-dealkylation sites (tertiary alicyclic amines) is 1. The molecule has 0 radical (unpaired) electrons. The summed E-state index contributed by atoms with van der Waals surface area (Å²) in [6, 6.07) is 22.0. The molecule has 3 aromatic rings. The highest BCUT2D eigenvalue weighted by atomic mass is 16.6. The van der Waals surface area contributed by atoms with Crippen molar-refractivity contribution in [1.82, 2.24) is 10.2 Å². The fraction of sp³-hybridized carbons (Fsp3) is 0.344. The number of alkyl carbamates (subject to hydrolysis) is 1. The van der Waals surface area contributed by atoms with Crippen molar-refractivity contribution in [1.29, 1.82) is 0 Å². The van der Waals surface area contributed by atoms with Crippen LogP contribution in [0.25, 0.3) is 11.1 Å². The van der Waals surface area contributed by atoms with Crippen LogP contribution < -0.4 is 10.1 Å². The summed E-state index contributed by atoms with van der Waals surface area (Å²) in [5.74, 6) is -0.835. The van der Waals surface area contributed by atoms with E-state index in [4.69, 9.17) is 19.3 Å². The lowest BCUT2D eigenvalue weighted by Crippen LogP contribution is -2.44. The van der Waals surface area contributed by atoms with Crippen molar-refractivity contribution in [3.8, 4) is 16.9 Å². The summed E-state index contributed by atoms with van der Waals surface area (Å²) in [4.78, 5) is 38.6. The Morgan fingerprint density at radius 1 is 0.878 bits per heavy atom. The fourth-order valence-electron chi connectivity index (χ4n) is 5.39. The Balaban J connectivity index is 1.25. The Labute approximate surface area is 239 Å². The molecule has 0 aromatic heterocycles. The van der Waals surface area contributed by atoms with E-state index in [-0.39, 0.29) is 37.2 Å². The van der Waals surface area contributed by atoms with E-state index in [0.29, 0.717) is 12.3 Å². The summed E-state index contributed by atoms with van der Waals surface area (Å²) >= 11 is 0. The molecule has 1 saturated heterocycles. The van der Waals surface area contributed by atoms with Gasteiger partial charge in [0, 0.05) is 24.9 Å². The summed E-state index contributed by atoms with van der Waals surface area (Å²) in [6.07, 6.45) is -1.04. The molecule has 2 N–H and O–H groups in total. The summed E-state index contributed by atoms with van der Waals surface area (Å²) < 4.78 is 17.2. The molecule has 9 nitrogen and oxygen atoms in total. The van der Waals surface area contributed by atoms with Crippen LogP contribution in [0, 0.1) is 5.92 Å². The number of carbonyl (C=O) groups excluding carboxylic acids is 2. The van der Waals surface area contributed by atoms with E-state index in [1.165, 1.54) is 12.1 Å². The largest absolute Gasteiger partial charge is 0.493 e. The van der Waals surface area contributed by atoms with Gasteiger partial charge in [-0.1, -0.05) is 48.5 Å². The van der Waals surface area contributed by atoms with Crippen molar-refractivity contribution < 1.29 is 33.7 Å². The zero-order chi connectivity index (χ0) is 29.1. The van der Waals surface area contributed by atoms with Crippen molar-refractivity contribution in [2.24, 2.45) is 5.92 Å². The normalized spacial score (nSPS) is 17.9. The first-order chi connectivity index (χ1) is 19.6. The van der Waals surface area contributed by atoms with Gasteiger partial charge in [-0.25, -0.2) is 14.4 Å². The van der Waals surface area contributed by atoms with E-state index in [2.05, 4.69) is 29.6 Å². The molecular formula is C32H34N2O7. The molecule has 0 bridgehead atoms. The van der Waals surface area contributed by atoms with Crippen LogP contribution in [-0.4, -0.2) is 66.1 Å². The van der Waals surface area contributed by atoms with E-state index < -0.39 is 29.8 Å². The maximum absolute atomic E-state index is 13.3. The second kappa shape index (κ2) is 11.5. The van der Waals surface area contributed by atoms with Gasteiger partial charge >= 0.3 is 18.2 Å². The lowest BCUT2D eigenvalue weighted by Gasteiger charge is -2.24. The highest BCUT2D eigenvalue weighted by Gasteiger charge is 2.39. The molecule has 214 valence electrons. The minimum atomic E-state index is -1.02. The second-order valence-electron chi connectivity index (χ2n) is 11.4. The quantitative estimate of drug-likeness (QED) is 0.391. The maximum Gasteiger partial charge on any atom is 0.409 e. The van der Waals surface area contributed by atoms with Crippen molar-refractivity contribution >= 4 is 18.2 Å². The van der Waals surface area contributed by atoms with E-state index in [1.807, 2.05) is 24.3 Å². The number of carboxylic acids is 1. The van der Waals surface area contributed by atoms with E-state index in [9.17, 15) is 14.4 Å². The second-order valence-corrected chi connectivity index (χ2v) is 11.4. The maximum atomic E-state index is 13.3. The molecule has 0 spiro atoms. The van der Waals surface area contributed by atoms with E-state index in [0.717, 1.165) is 22.3 Å². The van der Waals surface area contributed by atoms with Gasteiger partial charge in [-0.05, 0) is 67.3 Å². The summed E-state index contributed by atoms with van der Waals surface area (Å²) in [5.41, 5.74) is 4.05. The lowest BCUT2D eigenvalue weighted by molar-refractivity contribution is 0.0487. The van der Waals surface area contributed by atoms with Crippen LogP contribution in [0.3, 0.4) is 0 Å². The molecule has 1 heterocycles. The average molecular weight is 559 g/mol. The van der Waals surface area contributed by atoms with Gasteiger partial charge in [-0.2, -0.15) is 0 Å². The predicted molar refractivity (Wildman–Crippen MR) is 152 cm³/mol. The molecule has 2 atom stereocenters. The molecule has 1 aliphatic carbocycles. The third-order valence-electron chi connectivity index (χ3n) is 7.30. The topological polar surface area (TPSA) is 114 Å². The predicted octanol–water partition coefficient (Wildman–Crippen LogP) is 5.54. The van der Waals surface area contributed by atoms with Gasteiger partial charge in [0.25, 0.3) is 0 Å². The number of fused-ring (bicyclic) bond motifs is 3.